The molecule has 0 aliphatic rings. The van der Waals surface area contributed by atoms with Crippen LogP contribution in [-0.2, 0) is 24.5 Å². The molecule has 0 bridgehead atoms. The van der Waals surface area contributed by atoms with Gasteiger partial charge in [0.05, 0.1) is 0 Å². The van der Waals surface area contributed by atoms with E-state index in [0.29, 0.717) is 0 Å². The van der Waals surface area contributed by atoms with Crippen LogP contribution in [0.15, 0.2) is 30.3 Å². The molecule has 1 aromatic rings. The summed E-state index contributed by atoms with van der Waals surface area (Å²) >= 11 is -0.928. The Balaban J connectivity index is 2.97. The van der Waals surface area contributed by atoms with E-state index in [4.69, 9.17) is 0 Å². The van der Waals surface area contributed by atoms with E-state index < -0.39 is 15.4 Å². The van der Waals surface area contributed by atoms with E-state index >= 15 is 0 Å². The monoisotopic (exact) mass is 189 g/mol. The van der Waals surface area contributed by atoms with Gasteiger partial charge in [-0.25, -0.2) is 0 Å². The van der Waals surface area contributed by atoms with Gasteiger partial charge in [0.1, 0.15) is 0 Å². The minimum absolute atomic E-state index is 0.792. The number of rotatable bonds is 1. The molecule has 0 saturated heterocycles. The molecule has 9 heavy (non-hydrogen) atoms. The van der Waals surface area contributed by atoms with E-state index in [9.17, 15) is 4.21 Å². The van der Waals surface area contributed by atoms with Crippen molar-refractivity contribution >= 4 is 13.3 Å². The van der Waals surface area contributed by atoms with Crippen molar-refractivity contribution in [2.75, 3.05) is 0 Å². The van der Waals surface area contributed by atoms with Gasteiger partial charge >= 0.3 is 63.2 Å². The Kier molecular flexibility index (Phi) is 2.95. The van der Waals surface area contributed by atoms with Gasteiger partial charge in [-0.1, -0.05) is 0 Å². The summed E-state index contributed by atoms with van der Waals surface area (Å²) < 4.78 is 11.4. The Morgan fingerprint density at radius 2 is 1.89 bits per heavy atom. The zero-order valence-electron chi connectivity index (χ0n) is 4.91. The van der Waals surface area contributed by atoms with Crippen molar-refractivity contribution in [2.45, 2.75) is 0 Å². The predicted octanol–water partition coefficient (Wildman–Crippen LogP) is 0.522. The molecule has 0 spiro atoms. The van der Waals surface area contributed by atoms with Crippen LogP contribution in [0.2, 0.25) is 0 Å². The molecule has 0 aliphatic heterocycles. The standard InChI is InChI=1S/C6H5.OS.Zn/c1-2-4-6-5-3-1;1-2;/h1-5H;;. The molecule has 0 N–H and O–H groups in total. The molecule has 0 aromatic heterocycles. The molecule has 3 heteroatoms. The summed E-state index contributed by atoms with van der Waals surface area (Å²) in [7, 11) is 0.792. The fourth-order valence-electron chi connectivity index (χ4n) is 0.642. The molecule has 43 valence electrons. The number of hydrogen-bond donors (Lipinski definition) is 0. The summed E-state index contributed by atoms with van der Waals surface area (Å²) in [6.07, 6.45) is 0. The molecule has 0 atom stereocenters. The van der Waals surface area contributed by atoms with Gasteiger partial charge in [-0.2, -0.15) is 0 Å². The summed E-state index contributed by atoms with van der Waals surface area (Å²) in [5.74, 6) is 0. The summed E-state index contributed by atoms with van der Waals surface area (Å²) in [5, 5.41) is 0. The van der Waals surface area contributed by atoms with Crippen molar-refractivity contribution in [1.29, 1.82) is 0 Å². The number of hydrogen-bond acceptors (Lipinski definition) is 1. The first-order chi connectivity index (χ1) is 4.43. The molecular formula is C6H5OSZn. The zero-order chi connectivity index (χ0) is 6.53. The third-order valence-electron chi connectivity index (χ3n) is 1.07. The molecule has 0 heterocycles. The minimum atomic E-state index is -0.928. The van der Waals surface area contributed by atoms with Gasteiger partial charge in [0.2, 0.25) is 0 Å². The average molecular weight is 191 g/mol. The first kappa shape index (κ1) is 6.98. The second kappa shape index (κ2) is 3.81. The Morgan fingerprint density at radius 1 is 1.22 bits per heavy atom. The van der Waals surface area contributed by atoms with Crippen LogP contribution in [0.5, 0.6) is 0 Å². The van der Waals surface area contributed by atoms with Gasteiger partial charge < -0.3 is 0 Å². The normalized spacial score (nSPS) is 8.00. The average Bonchev–Trinajstić information content (AvgIpc) is 1.91. The van der Waals surface area contributed by atoms with E-state index in [0.717, 1.165) is 9.15 Å². The fraction of sp³-hybridized carbons (Fsp3) is 0. The molecule has 1 rings (SSSR count). The van der Waals surface area contributed by atoms with Gasteiger partial charge in [-0.05, 0) is 0 Å². The summed E-state index contributed by atoms with van der Waals surface area (Å²) in [6.45, 7) is 0. The van der Waals surface area contributed by atoms with Crippen LogP contribution in [0.4, 0.5) is 0 Å². The second-order valence-electron chi connectivity index (χ2n) is 1.75. The van der Waals surface area contributed by atoms with Crippen molar-refractivity contribution in [3.05, 3.63) is 30.3 Å². The van der Waals surface area contributed by atoms with Crippen molar-refractivity contribution in [3.63, 3.8) is 0 Å². The van der Waals surface area contributed by atoms with E-state index in [1.54, 1.807) is 0 Å². The van der Waals surface area contributed by atoms with Crippen molar-refractivity contribution in [3.8, 4) is 0 Å². The molecule has 0 fully saturated rings. The van der Waals surface area contributed by atoms with Crippen LogP contribution in [-0.4, -0.2) is 4.21 Å². The van der Waals surface area contributed by atoms with Gasteiger partial charge in [0.25, 0.3) is 0 Å². The van der Waals surface area contributed by atoms with E-state index in [1.165, 1.54) is 4.16 Å². The van der Waals surface area contributed by atoms with E-state index in [1.807, 2.05) is 30.3 Å². The third-order valence-corrected chi connectivity index (χ3v) is 5.35. The third kappa shape index (κ3) is 2.29. The SMILES string of the molecule is O=[S]=[Zn][c]1ccccc1. The molecular weight excluding hydrogens is 186 g/mol. The Morgan fingerprint density at radius 3 is 2.44 bits per heavy atom. The maximum absolute atomic E-state index is 10.1. The molecule has 1 nitrogen and oxygen atoms in total. The zero-order valence-corrected chi connectivity index (χ0v) is 8.69. The van der Waals surface area contributed by atoms with Crippen molar-refractivity contribution < 1.29 is 19.6 Å². The van der Waals surface area contributed by atoms with Crippen LogP contribution in [0, 0.1) is 0 Å². The number of benzene rings is 1. The summed E-state index contributed by atoms with van der Waals surface area (Å²) in [5.41, 5.74) is 0. The molecule has 0 saturated carbocycles. The Labute approximate surface area is 63.4 Å². The van der Waals surface area contributed by atoms with Gasteiger partial charge in [-0.3, -0.25) is 0 Å². The van der Waals surface area contributed by atoms with E-state index in [-0.39, 0.29) is 0 Å². The van der Waals surface area contributed by atoms with Crippen molar-refractivity contribution in [1.82, 2.24) is 0 Å². The predicted molar refractivity (Wildman–Crippen MR) is 34.2 cm³/mol. The van der Waals surface area contributed by atoms with Crippen LogP contribution >= 0.6 is 0 Å². The summed E-state index contributed by atoms with van der Waals surface area (Å²) in [6, 6.07) is 10.0. The molecule has 1 aromatic carbocycles. The van der Waals surface area contributed by atoms with Crippen LogP contribution in [0.1, 0.15) is 0 Å². The fourth-order valence-corrected chi connectivity index (χ4v) is 3.61. The van der Waals surface area contributed by atoms with Crippen molar-refractivity contribution in [2.24, 2.45) is 0 Å². The van der Waals surface area contributed by atoms with Gasteiger partial charge in [0, 0.05) is 0 Å². The Hall–Kier alpha value is -0.137. The first-order valence-corrected chi connectivity index (χ1v) is 8.75. The van der Waals surface area contributed by atoms with Crippen LogP contribution < -0.4 is 4.16 Å². The Bertz CT molecular complexity index is 228. The quantitative estimate of drug-likeness (QED) is 0.591. The van der Waals surface area contributed by atoms with Gasteiger partial charge in [0.15, 0.2) is 0 Å². The molecule has 0 amide bonds. The van der Waals surface area contributed by atoms with Crippen LogP contribution in [0.3, 0.4) is 0 Å². The summed E-state index contributed by atoms with van der Waals surface area (Å²) in [4.78, 5) is 0. The molecule has 0 unspecified atom stereocenters. The molecule has 0 radical (unpaired) electrons. The molecule has 0 aliphatic carbocycles. The maximum atomic E-state index is 10.1. The van der Waals surface area contributed by atoms with E-state index in [2.05, 4.69) is 0 Å². The first-order valence-electron chi connectivity index (χ1n) is 2.72. The second-order valence-corrected chi connectivity index (χ2v) is 7.29. The topological polar surface area (TPSA) is 17.1 Å². The van der Waals surface area contributed by atoms with Gasteiger partial charge in [-0.15, -0.1) is 0 Å². The van der Waals surface area contributed by atoms with Crippen LogP contribution in [0.25, 0.3) is 0 Å².